The lowest BCUT2D eigenvalue weighted by Gasteiger charge is -2.25. The lowest BCUT2D eigenvalue weighted by Crippen LogP contribution is -2.40. The summed E-state index contributed by atoms with van der Waals surface area (Å²) in [7, 11) is 3.85. The number of nitrogens with zero attached hydrogens (tertiary/aromatic N) is 1. The quantitative estimate of drug-likeness (QED) is 0.569. The fourth-order valence-corrected chi connectivity index (χ4v) is 1.29. The highest BCUT2D eigenvalue weighted by molar-refractivity contribution is 4.66. The molecule has 0 saturated carbocycles. The fourth-order valence-electron chi connectivity index (χ4n) is 1.29. The minimum atomic E-state index is 0.323. The lowest BCUT2D eigenvalue weighted by molar-refractivity contribution is 0.0571. The number of likely N-dealkylation sites (N-methyl/N-ethyl adjacent to an activating group) is 1. The summed E-state index contributed by atoms with van der Waals surface area (Å²) in [4.78, 5) is 2.31. The maximum absolute atomic E-state index is 5.52. The molecule has 0 rings (SSSR count). The summed E-state index contributed by atoms with van der Waals surface area (Å²) >= 11 is 0. The first-order valence-corrected chi connectivity index (χ1v) is 6.09. The number of ether oxygens (including phenoxy) is 2. The predicted octanol–water partition coefficient (Wildman–Crippen LogP) is 0.968. The molecular formula is C12H28N2O2. The Morgan fingerprint density at radius 3 is 2.44 bits per heavy atom. The van der Waals surface area contributed by atoms with Gasteiger partial charge in [0.2, 0.25) is 0 Å². The molecule has 0 saturated heterocycles. The molecule has 0 spiro atoms. The van der Waals surface area contributed by atoms with E-state index in [4.69, 9.17) is 9.47 Å². The van der Waals surface area contributed by atoms with Crippen LogP contribution < -0.4 is 5.32 Å². The number of hydrogen-bond acceptors (Lipinski definition) is 4. The molecule has 0 aliphatic rings. The van der Waals surface area contributed by atoms with Crippen LogP contribution in [0.3, 0.4) is 0 Å². The van der Waals surface area contributed by atoms with E-state index in [0.717, 1.165) is 32.8 Å². The average molecular weight is 232 g/mol. The molecule has 0 aromatic heterocycles. The Labute approximate surface area is 100 Å². The molecule has 0 radical (unpaired) electrons. The van der Waals surface area contributed by atoms with Gasteiger partial charge >= 0.3 is 0 Å². The van der Waals surface area contributed by atoms with Crippen LogP contribution in [0.2, 0.25) is 0 Å². The van der Waals surface area contributed by atoms with Crippen molar-refractivity contribution >= 4 is 0 Å². The molecule has 0 aromatic rings. The monoisotopic (exact) mass is 232 g/mol. The highest BCUT2D eigenvalue weighted by atomic mass is 16.5. The topological polar surface area (TPSA) is 33.7 Å². The van der Waals surface area contributed by atoms with Crippen molar-refractivity contribution in [2.75, 3.05) is 47.0 Å². The zero-order valence-corrected chi connectivity index (χ0v) is 11.5. The van der Waals surface area contributed by atoms with Gasteiger partial charge in [-0.05, 0) is 27.8 Å². The molecule has 1 unspecified atom stereocenters. The van der Waals surface area contributed by atoms with E-state index in [1.807, 2.05) is 0 Å². The van der Waals surface area contributed by atoms with Crippen LogP contribution in [0.1, 0.15) is 20.8 Å². The van der Waals surface area contributed by atoms with Gasteiger partial charge in [-0.15, -0.1) is 0 Å². The first kappa shape index (κ1) is 15.8. The van der Waals surface area contributed by atoms with E-state index in [1.54, 1.807) is 7.11 Å². The molecule has 4 heteroatoms. The van der Waals surface area contributed by atoms with Crippen molar-refractivity contribution in [3.05, 3.63) is 0 Å². The van der Waals surface area contributed by atoms with E-state index in [-0.39, 0.29) is 0 Å². The van der Waals surface area contributed by atoms with Gasteiger partial charge in [0.1, 0.15) is 0 Å². The Hall–Kier alpha value is -0.160. The predicted molar refractivity (Wildman–Crippen MR) is 67.9 cm³/mol. The van der Waals surface area contributed by atoms with Crippen LogP contribution in [0, 0.1) is 0 Å². The van der Waals surface area contributed by atoms with Crippen molar-refractivity contribution in [2.45, 2.75) is 32.9 Å². The van der Waals surface area contributed by atoms with Crippen molar-refractivity contribution in [1.82, 2.24) is 10.2 Å². The molecule has 0 fully saturated rings. The van der Waals surface area contributed by atoms with Crippen LogP contribution in [0.25, 0.3) is 0 Å². The molecular weight excluding hydrogens is 204 g/mol. The first-order valence-electron chi connectivity index (χ1n) is 6.09. The third kappa shape index (κ3) is 9.09. The number of hydrogen-bond donors (Lipinski definition) is 1. The smallest absolute Gasteiger partial charge is 0.0596 e. The number of rotatable bonds is 10. The van der Waals surface area contributed by atoms with Crippen molar-refractivity contribution in [3.63, 3.8) is 0 Å². The highest BCUT2D eigenvalue weighted by Gasteiger charge is 2.08. The van der Waals surface area contributed by atoms with Crippen LogP contribution in [-0.4, -0.2) is 64.1 Å². The molecule has 98 valence electrons. The normalized spacial score (nSPS) is 13.7. The molecule has 0 aliphatic heterocycles. The van der Waals surface area contributed by atoms with Gasteiger partial charge in [-0.25, -0.2) is 0 Å². The van der Waals surface area contributed by atoms with Gasteiger partial charge in [-0.2, -0.15) is 0 Å². The minimum Gasteiger partial charge on any atom is -0.383 e. The zero-order chi connectivity index (χ0) is 12.4. The van der Waals surface area contributed by atoms with E-state index < -0.39 is 0 Å². The highest BCUT2D eigenvalue weighted by Crippen LogP contribution is 1.95. The third-order valence-electron chi connectivity index (χ3n) is 2.57. The van der Waals surface area contributed by atoms with Gasteiger partial charge in [-0.3, -0.25) is 0 Å². The van der Waals surface area contributed by atoms with Crippen LogP contribution in [0.5, 0.6) is 0 Å². The summed E-state index contributed by atoms with van der Waals surface area (Å²) in [6, 6.07) is 0.521. The molecule has 0 bridgehead atoms. The fraction of sp³-hybridized carbons (Fsp3) is 1.00. The number of methoxy groups -OCH3 is 1. The van der Waals surface area contributed by atoms with Crippen molar-refractivity contribution in [2.24, 2.45) is 0 Å². The van der Waals surface area contributed by atoms with Gasteiger partial charge in [0, 0.05) is 32.8 Å². The molecule has 1 atom stereocenters. The number of nitrogens with one attached hydrogen (secondary N) is 1. The Kier molecular flexibility index (Phi) is 9.92. The van der Waals surface area contributed by atoms with Crippen LogP contribution in [-0.2, 0) is 9.47 Å². The molecule has 0 heterocycles. The maximum atomic E-state index is 5.52. The van der Waals surface area contributed by atoms with Crippen LogP contribution in [0.15, 0.2) is 0 Å². The summed E-state index contributed by atoms with van der Waals surface area (Å²) in [5.41, 5.74) is 0. The van der Waals surface area contributed by atoms with Crippen molar-refractivity contribution < 1.29 is 9.47 Å². The second-order valence-electron chi connectivity index (χ2n) is 4.45. The van der Waals surface area contributed by atoms with Gasteiger partial charge in [0.15, 0.2) is 0 Å². The molecule has 0 aromatic carbocycles. The zero-order valence-electron chi connectivity index (χ0n) is 11.5. The van der Waals surface area contributed by atoms with E-state index in [0.29, 0.717) is 12.1 Å². The second-order valence-corrected chi connectivity index (χ2v) is 4.45. The Morgan fingerprint density at radius 1 is 1.19 bits per heavy atom. The summed E-state index contributed by atoms with van der Waals surface area (Å²) in [6.45, 7) is 10.8. The SMILES string of the molecule is COCCNCC(C)N(C)CCOC(C)C. The second kappa shape index (κ2) is 10.0. The molecule has 16 heavy (non-hydrogen) atoms. The van der Waals surface area contributed by atoms with Gasteiger partial charge in [0.25, 0.3) is 0 Å². The lowest BCUT2D eigenvalue weighted by atomic mass is 10.3. The summed E-state index contributed by atoms with van der Waals surface area (Å²) in [6.07, 6.45) is 0.323. The van der Waals surface area contributed by atoms with E-state index in [9.17, 15) is 0 Å². The molecule has 0 aliphatic carbocycles. The molecule has 0 amide bonds. The first-order chi connectivity index (χ1) is 7.57. The van der Waals surface area contributed by atoms with Crippen molar-refractivity contribution in [3.8, 4) is 0 Å². The van der Waals surface area contributed by atoms with Crippen LogP contribution in [0.4, 0.5) is 0 Å². The summed E-state index contributed by atoms with van der Waals surface area (Å²) in [5.74, 6) is 0. The molecule has 4 nitrogen and oxygen atoms in total. The standard InChI is InChI=1S/C12H28N2O2/c1-11(2)16-9-7-14(4)12(3)10-13-6-8-15-5/h11-13H,6-10H2,1-5H3. The van der Waals surface area contributed by atoms with Crippen LogP contribution >= 0.6 is 0 Å². The third-order valence-corrected chi connectivity index (χ3v) is 2.57. The largest absolute Gasteiger partial charge is 0.383 e. The maximum Gasteiger partial charge on any atom is 0.0596 e. The Balaban J connectivity index is 3.45. The van der Waals surface area contributed by atoms with Gasteiger partial charge in [0.05, 0.1) is 19.3 Å². The van der Waals surface area contributed by atoms with Gasteiger partial charge < -0.3 is 19.7 Å². The van der Waals surface area contributed by atoms with E-state index >= 15 is 0 Å². The van der Waals surface area contributed by atoms with E-state index in [1.165, 1.54) is 0 Å². The van der Waals surface area contributed by atoms with E-state index in [2.05, 4.69) is 38.0 Å². The minimum absolute atomic E-state index is 0.323. The Bertz CT molecular complexity index is 154. The van der Waals surface area contributed by atoms with Gasteiger partial charge in [-0.1, -0.05) is 0 Å². The van der Waals surface area contributed by atoms with Crippen molar-refractivity contribution in [1.29, 1.82) is 0 Å². The summed E-state index contributed by atoms with van der Waals surface area (Å²) < 4.78 is 10.5. The Morgan fingerprint density at radius 2 is 1.88 bits per heavy atom. The molecule has 1 N–H and O–H groups in total. The summed E-state index contributed by atoms with van der Waals surface area (Å²) in [5, 5.41) is 3.36. The average Bonchev–Trinajstić information content (AvgIpc) is 2.23.